The number of rotatable bonds is 3. The Bertz CT molecular complexity index is 563. The van der Waals surface area contributed by atoms with E-state index < -0.39 is 5.97 Å². The Kier molecular flexibility index (Phi) is 4.99. The summed E-state index contributed by atoms with van der Waals surface area (Å²) in [6, 6.07) is 4.19. The number of piperazine rings is 1. The van der Waals surface area contributed by atoms with E-state index in [1.54, 1.807) is 11.3 Å². The molecule has 3 heterocycles. The molecule has 0 aliphatic carbocycles. The number of carbonyl (C=O) groups excluding carboxylic acids is 1. The summed E-state index contributed by atoms with van der Waals surface area (Å²) in [4.78, 5) is 31.2. The number of hydrogen-bond acceptors (Lipinski definition) is 5. The highest BCUT2D eigenvalue weighted by atomic mass is 32.1. The van der Waals surface area contributed by atoms with Crippen LogP contribution in [-0.2, 0) is 16.0 Å². The highest BCUT2D eigenvalue weighted by Gasteiger charge is 2.36. The van der Waals surface area contributed by atoms with Gasteiger partial charge in [0.15, 0.2) is 0 Å². The van der Waals surface area contributed by atoms with Crippen LogP contribution in [0.1, 0.15) is 4.88 Å². The fourth-order valence-electron chi connectivity index (χ4n) is 3.51. The third-order valence-corrected chi connectivity index (χ3v) is 5.60. The molecule has 2 unspecified atom stereocenters. The van der Waals surface area contributed by atoms with Gasteiger partial charge in [0.1, 0.15) is 0 Å². The second kappa shape index (κ2) is 6.98. The summed E-state index contributed by atoms with van der Waals surface area (Å²) in [5.41, 5.74) is 0. The van der Waals surface area contributed by atoms with Crippen molar-refractivity contribution in [1.29, 1.82) is 0 Å². The Morgan fingerprint density at radius 3 is 2.78 bits per heavy atom. The van der Waals surface area contributed by atoms with E-state index in [0.717, 1.165) is 18.0 Å². The number of amides is 1. The van der Waals surface area contributed by atoms with Crippen molar-refractivity contribution in [3.8, 4) is 0 Å². The van der Waals surface area contributed by atoms with E-state index in [9.17, 15) is 14.7 Å². The normalized spacial score (nSPS) is 26.6. The first-order valence-electron chi connectivity index (χ1n) is 7.98. The standard InChI is InChI=1S/C16H23N3O3S/c1-17-8-12(16(21)22)9-18-4-5-19(11-13(18)10-17)15(20)7-14-3-2-6-23-14/h2-3,6,12-13H,4-5,7-11H2,1H3,(H,21,22). The fourth-order valence-corrected chi connectivity index (χ4v) is 4.21. The van der Waals surface area contributed by atoms with E-state index in [1.807, 2.05) is 29.5 Å². The van der Waals surface area contributed by atoms with Crippen LogP contribution in [0.3, 0.4) is 0 Å². The van der Waals surface area contributed by atoms with Crippen LogP contribution < -0.4 is 0 Å². The molecule has 6 nitrogen and oxygen atoms in total. The van der Waals surface area contributed by atoms with E-state index in [4.69, 9.17) is 0 Å². The van der Waals surface area contributed by atoms with Gasteiger partial charge in [-0.05, 0) is 18.5 Å². The number of carboxylic acids is 1. The van der Waals surface area contributed by atoms with Crippen molar-refractivity contribution in [2.24, 2.45) is 5.92 Å². The van der Waals surface area contributed by atoms with Crippen LogP contribution in [0.5, 0.6) is 0 Å². The minimum absolute atomic E-state index is 0.175. The molecule has 1 aromatic heterocycles. The second-order valence-corrected chi connectivity index (χ2v) is 7.53. The monoisotopic (exact) mass is 337 g/mol. The zero-order valence-electron chi connectivity index (χ0n) is 13.4. The van der Waals surface area contributed by atoms with Crippen LogP contribution in [0.15, 0.2) is 17.5 Å². The maximum atomic E-state index is 12.5. The molecule has 1 N–H and O–H groups in total. The molecule has 0 aromatic carbocycles. The summed E-state index contributed by atoms with van der Waals surface area (Å²) in [5, 5.41) is 11.3. The average Bonchev–Trinajstić information content (AvgIpc) is 2.94. The zero-order valence-corrected chi connectivity index (χ0v) is 14.2. The van der Waals surface area contributed by atoms with Crippen LogP contribution in [0.25, 0.3) is 0 Å². The summed E-state index contributed by atoms with van der Waals surface area (Å²) in [7, 11) is 1.96. The Balaban J connectivity index is 1.63. The van der Waals surface area contributed by atoms with Crippen molar-refractivity contribution in [2.75, 3.05) is 46.3 Å². The number of carbonyl (C=O) groups is 2. The Morgan fingerprint density at radius 1 is 1.26 bits per heavy atom. The number of thiophene rings is 1. The van der Waals surface area contributed by atoms with Gasteiger partial charge in [-0.25, -0.2) is 0 Å². The molecular weight excluding hydrogens is 314 g/mol. The van der Waals surface area contributed by atoms with Crippen LogP contribution >= 0.6 is 11.3 Å². The van der Waals surface area contributed by atoms with E-state index in [0.29, 0.717) is 32.6 Å². The van der Waals surface area contributed by atoms with Gasteiger partial charge in [-0.3, -0.25) is 14.5 Å². The molecule has 2 aliphatic heterocycles. The Labute approximate surface area is 140 Å². The molecule has 3 rings (SSSR count). The summed E-state index contributed by atoms with van der Waals surface area (Å²) >= 11 is 1.61. The van der Waals surface area contributed by atoms with E-state index in [1.165, 1.54) is 0 Å². The summed E-state index contributed by atoms with van der Waals surface area (Å²) in [5.74, 6) is -0.902. The van der Waals surface area contributed by atoms with Crippen LogP contribution in [0.4, 0.5) is 0 Å². The van der Waals surface area contributed by atoms with Gasteiger partial charge in [0, 0.05) is 50.2 Å². The lowest BCUT2D eigenvalue weighted by Crippen LogP contribution is -2.57. The lowest BCUT2D eigenvalue weighted by molar-refractivity contribution is -0.143. The van der Waals surface area contributed by atoms with Gasteiger partial charge in [0.05, 0.1) is 12.3 Å². The SMILES string of the molecule is CN1CC(C(=O)O)CN2CCN(C(=O)Cc3cccs3)CC2C1. The number of likely N-dealkylation sites (N-methyl/N-ethyl adjacent to an activating group) is 1. The van der Waals surface area contributed by atoms with Gasteiger partial charge in [-0.1, -0.05) is 6.07 Å². The lowest BCUT2D eigenvalue weighted by Gasteiger charge is -2.41. The molecule has 2 aliphatic rings. The maximum absolute atomic E-state index is 12.5. The van der Waals surface area contributed by atoms with Crippen molar-refractivity contribution in [2.45, 2.75) is 12.5 Å². The van der Waals surface area contributed by atoms with Crippen molar-refractivity contribution < 1.29 is 14.7 Å². The Morgan fingerprint density at radius 2 is 2.09 bits per heavy atom. The predicted octanol–water partition coefficient (Wildman–Crippen LogP) is 0.450. The van der Waals surface area contributed by atoms with Crippen molar-refractivity contribution in [3.63, 3.8) is 0 Å². The van der Waals surface area contributed by atoms with Gasteiger partial charge in [-0.15, -0.1) is 11.3 Å². The summed E-state index contributed by atoms with van der Waals surface area (Å²) in [6.07, 6.45) is 0.470. The average molecular weight is 337 g/mol. The molecular formula is C16H23N3O3S. The van der Waals surface area contributed by atoms with Gasteiger partial charge in [0.2, 0.25) is 5.91 Å². The largest absolute Gasteiger partial charge is 0.481 e. The maximum Gasteiger partial charge on any atom is 0.309 e. The van der Waals surface area contributed by atoms with Crippen LogP contribution in [-0.4, -0.2) is 84.0 Å². The van der Waals surface area contributed by atoms with Crippen molar-refractivity contribution >= 4 is 23.2 Å². The first kappa shape index (κ1) is 16.4. The van der Waals surface area contributed by atoms with E-state index in [2.05, 4.69) is 9.80 Å². The topological polar surface area (TPSA) is 64.1 Å². The second-order valence-electron chi connectivity index (χ2n) is 6.50. The van der Waals surface area contributed by atoms with Gasteiger partial charge >= 0.3 is 5.97 Å². The predicted molar refractivity (Wildman–Crippen MR) is 88.6 cm³/mol. The molecule has 2 fully saturated rings. The molecule has 0 saturated carbocycles. The van der Waals surface area contributed by atoms with E-state index >= 15 is 0 Å². The number of fused-ring (bicyclic) bond motifs is 1. The molecule has 1 aromatic rings. The minimum Gasteiger partial charge on any atom is -0.481 e. The lowest BCUT2D eigenvalue weighted by atomic mass is 10.1. The first-order valence-corrected chi connectivity index (χ1v) is 8.86. The number of hydrogen-bond donors (Lipinski definition) is 1. The van der Waals surface area contributed by atoms with Gasteiger partial charge < -0.3 is 14.9 Å². The molecule has 2 saturated heterocycles. The summed E-state index contributed by atoms with van der Waals surface area (Å²) in [6.45, 7) is 4.12. The highest BCUT2D eigenvalue weighted by Crippen LogP contribution is 2.19. The van der Waals surface area contributed by atoms with E-state index in [-0.39, 0.29) is 17.9 Å². The number of aliphatic carboxylic acids is 1. The first-order chi connectivity index (χ1) is 11.0. The van der Waals surface area contributed by atoms with Crippen LogP contribution in [0.2, 0.25) is 0 Å². The molecule has 23 heavy (non-hydrogen) atoms. The Hall–Kier alpha value is -1.44. The fraction of sp³-hybridized carbons (Fsp3) is 0.625. The van der Waals surface area contributed by atoms with Gasteiger partial charge in [-0.2, -0.15) is 0 Å². The van der Waals surface area contributed by atoms with Gasteiger partial charge in [0.25, 0.3) is 0 Å². The third-order valence-electron chi connectivity index (χ3n) is 4.72. The molecule has 7 heteroatoms. The number of carboxylic acid groups (broad SMARTS) is 1. The smallest absolute Gasteiger partial charge is 0.309 e. The molecule has 2 atom stereocenters. The molecule has 0 spiro atoms. The van der Waals surface area contributed by atoms with Crippen LogP contribution in [0, 0.1) is 5.92 Å². The zero-order chi connectivity index (χ0) is 16.4. The molecule has 0 radical (unpaired) electrons. The van der Waals surface area contributed by atoms with Crippen molar-refractivity contribution in [3.05, 3.63) is 22.4 Å². The highest BCUT2D eigenvalue weighted by molar-refractivity contribution is 7.10. The number of nitrogens with zero attached hydrogens (tertiary/aromatic N) is 3. The molecule has 1 amide bonds. The third kappa shape index (κ3) is 3.91. The molecule has 126 valence electrons. The summed E-state index contributed by atoms with van der Waals surface area (Å²) < 4.78 is 0. The van der Waals surface area contributed by atoms with Crippen molar-refractivity contribution in [1.82, 2.24) is 14.7 Å². The molecule has 0 bridgehead atoms. The minimum atomic E-state index is -0.728. The quantitative estimate of drug-likeness (QED) is 0.868.